The second-order valence-corrected chi connectivity index (χ2v) is 6.30. The van der Waals surface area contributed by atoms with Crippen molar-refractivity contribution in [2.24, 2.45) is 0 Å². The lowest BCUT2D eigenvalue weighted by Gasteiger charge is -2.19. The number of nitro benzene ring substituents is 1. The van der Waals surface area contributed by atoms with Crippen LogP contribution in [0.5, 0.6) is 23.0 Å². The highest BCUT2D eigenvalue weighted by Crippen LogP contribution is 2.39. The molecule has 10 nitrogen and oxygen atoms in total. The second kappa shape index (κ2) is 8.00. The topological polar surface area (TPSA) is 133 Å². The lowest BCUT2D eigenvalue weighted by molar-refractivity contribution is -0.384. The molecule has 30 heavy (non-hydrogen) atoms. The van der Waals surface area contributed by atoms with E-state index < -0.39 is 10.8 Å². The Morgan fingerprint density at radius 3 is 2.23 bits per heavy atom. The molecule has 0 saturated carbocycles. The third kappa shape index (κ3) is 3.81. The molecule has 152 valence electrons. The summed E-state index contributed by atoms with van der Waals surface area (Å²) in [5, 5.41) is 23.3. The van der Waals surface area contributed by atoms with Gasteiger partial charge in [0.15, 0.2) is 23.0 Å². The maximum atomic E-state index is 12.6. The Labute approximate surface area is 170 Å². The van der Waals surface area contributed by atoms with Crippen LogP contribution in [-0.4, -0.2) is 37.3 Å². The number of nitro groups is 1. The number of hydrogen-bond donors (Lipinski definition) is 1. The minimum Gasteiger partial charge on any atom is -0.486 e. The average molecular weight is 409 g/mol. The van der Waals surface area contributed by atoms with Crippen molar-refractivity contribution in [2.45, 2.75) is 0 Å². The van der Waals surface area contributed by atoms with Gasteiger partial charge < -0.3 is 24.3 Å². The summed E-state index contributed by atoms with van der Waals surface area (Å²) in [6, 6.07) is 9.30. The van der Waals surface area contributed by atoms with Crippen LogP contribution in [0.15, 0.2) is 35.9 Å². The van der Waals surface area contributed by atoms with Crippen molar-refractivity contribution in [3.63, 3.8) is 0 Å². The lowest BCUT2D eigenvalue weighted by atomic mass is 10.1. The predicted octanol–water partition coefficient (Wildman–Crippen LogP) is 2.68. The van der Waals surface area contributed by atoms with E-state index in [9.17, 15) is 20.2 Å². The van der Waals surface area contributed by atoms with Crippen molar-refractivity contribution in [1.29, 1.82) is 5.26 Å². The number of rotatable bonds is 4. The van der Waals surface area contributed by atoms with Gasteiger partial charge in [-0.05, 0) is 23.8 Å². The van der Waals surface area contributed by atoms with Crippen LogP contribution in [-0.2, 0) is 4.79 Å². The summed E-state index contributed by atoms with van der Waals surface area (Å²) in [6.45, 7) is 1.40. The number of hydrogen-bond acceptors (Lipinski definition) is 8. The number of nitrogens with zero attached hydrogens (tertiary/aromatic N) is 2. The molecule has 0 radical (unpaired) electrons. The number of anilines is 1. The molecule has 0 aliphatic carbocycles. The summed E-state index contributed by atoms with van der Waals surface area (Å²) in [5.74, 6) is 0.783. The van der Waals surface area contributed by atoms with Crippen molar-refractivity contribution >= 4 is 23.4 Å². The highest BCUT2D eigenvalue weighted by Gasteiger charge is 2.24. The summed E-state index contributed by atoms with van der Waals surface area (Å²) in [6.07, 6.45) is 1.36. The van der Waals surface area contributed by atoms with Gasteiger partial charge in [0.1, 0.15) is 43.8 Å². The molecule has 0 saturated heterocycles. The number of fused-ring (bicyclic) bond motifs is 2. The van der Waals surface area contributed by atoms with Crippen LogP contribution in [0.2, 0.25) is 0 Å². The maximum Gasteiger partial charge on any atom is 0.296 e. The molecule has 10 heteroatoms. The van der Waals surface area contributed by atoms with Crippen molar-refractivity contribution in [2.75, 3.05) is 31.7 Å². The van der Waals surface area contributed by atoms with Crippen LogP contribution in [0.3, 0.4) is 0 Å². The number of benzene rings is 2. The number of carbonyl (C=O) groups is 1. The van der Waals surface area contributed by atoms with E-state index in [-0.39, 0.29) is 41.7 Å². The van der Waals surface area contributed by atoms with Gasteiger partial charge in [-0.2, -0.15) is 5.26 Å². The largest absolute Gasteiger partial charge is 0.486 e. The quantitative estimate of drug-likeness (QED) is 0.353. The zero-order valence-electron chi connectivity index (χ0n) is 15.5. The Balaban J connectivity index is 1.61. The number of nitrogens with one attached hydrogen (secondary N) is 1. The van der Waals surface area contributed by atoms with Crippen LogP contribution in [0.1, 0.15) is 5.56 Å². The smallest absolute Gasteiger partial charge is 0.296 e. The number of amides is 1. The number of ether oxygens (including phenoxy) is 4. The first-order valence-electron chi connectivity index (χ1n) is 8.96. The Kier molecular flexibility index (Phi) is 5.09. The molecule has 4 rings (SSSR count). The fraction of sp³-hybridized carbons (Fsp3) is 0.200. The molecule has 0 spiro atoms. The maximum absolute atomic E-state index is 12.6. The van der Waals surface area contributed by atoms with Gasteiger partial charge in [-0.15, -0.1) is 0 Å². The minimum absolute atomic E-state index is 0.0995. The van der Waals surface area contributed by atoms with E-state index in [0.717, 1.165) is 0 Å². The monoisotopic (exact) mass is 409 g/mol. The molecule has 2 aromatic carbocycles. The first-order chi connectivity index (χ1) is 14.5. The highest BCUT2D eigenvalue weighted by molar-refractivity contribution is 6.10. The molecule has 2 aliphatic rings. The van der Waals surface area contributed by atoms with Crippen LogP contribution in [0.25, 0.3) is 6.08 Å². The van der Waals surface area contributed by atoms with Gasteiger partial charge >= 0.3 is 0 Å². The molecule has 1 N–H and O–H groups in total. The van der Waals surface area contributed by atoms with E-state index >= 15 is 0 Å². The van der Waals surface area contributed by atoms with Crippen molar-refractivity contribution < 1.29 is 28.7 Å². The third-order valence-corrected chi connectivity index (χ3v) is 4.35. The molecule has 0 bridgehead atoms. The fourth-order valence-electron chi connectivity index (χ4n) is 2.98. The van der Waals surface area contributed by atoms with E-state index in [4.69, 9.17) is 18.9 Å². The molecule has 0 aromatic heterocycles. The molecule has 0 unspecified atom stereocenters. The summed E-state index contributed by atoms with van der Waals surface area (Å²) in [5.41, 5.74) is -0.166. The zero-order chi connectivity index (χ0) is 21.1. The van der Waals surface area contributed by atoms with E-state index in [0.29, 0.717) is 30.3 Å². The summed E-state index contributed by atoms with van der Waals surface area (Å²) >= 11 is 0. The molecular weight excluding hydrogens is 394 g/mol. The number of carbonyl (C=O) groups excluding carboxylic acids is 1. The Morgan fingerprint density at radius 2 is 1.60 bits per heavy atom. The van der Waals surface area contributed by atoms with Crippen molar-refractivity contribution in [3.05, 3.63) is 51.6 Å². The lowest BCUT2D eigenvalue weighted by Crippen LogP contribution is -2.18. The number of nitriles is 1. The molecule has 2 aliphatic heterocycles. The van der Waals surface area contributed by atoms with Gasteiger partial charge in [-0.25, -0.2) is 0 Å². The van der Waals surface area contributed by atoms with E-state index in [1.165, 1.54) is 18.2 Å². The van der Waals surface area contributed by atoms with Crippen LogP contribution in [0, 0.1) is 21.4 Å². The zero-order valence-corrected chi connectivity index (χ0v) is 15.5. The summed E-state index contributed by atoms with van der Waals surface area (Å²) in [7, 11) is 0. The second-order valence-electron chi connectivity index (χ2n) is 6.30. The molecule has 1 amide bonds. The first-order valence-corrected chi connectivity index (χ1v) is 8.96. The van der Waals surface area contributed by atoms with Gasteiger partial charge in [0.25, 0.3) is 11.6 Å². The Hall–Kier alpha value is -4.26. The van der Waals surface area contributed by atoms with Crippen LogP contribution in [0.4, 0.5) is 11.4 Å². The van der Waals surface area contributed by atoms with E-state index in [2.05, 4.69) is 5.32 Å². The molecule has 2 heterocycles. The molecular formula is C20H15N3O7. The molecule has 0 fully saturated rings. The van der Waals surface area contributed by atoms with Crippen LogP contribution >= 0.6 is 0 Å². The van der Waals surface area contributed by atoms with E-state index in [1.54, 1.807) is 18.2 Å². The van der Waals surface area contributed by atoms with Gasteiger partial charge in [0, 0.05) is 6.07 Å². The van der Waals surface area contributed by atoms with Gasteiger partial charge in [0.05, 0.1) is 11.0 Å². The third-order valence-electron chi connectivity index (χ3n) is 4.35. The SMILES string of the molecule is N#CC(=Cc1ccc2c(c1)OCCO2)C(=O)Nc1cc2c(cc1[N+](=O)[O-])OCCO2. The van der Waals surface area contributed by atoms with Gasteiger partial charge in [-0.3, -0.25) is 14.9 Å². The molecule has 0 atom stereocenters. The fourth-order valence-corrected chi connectivity index (χ4v) is 2.98. The Bertz CT molecular complexity index is 1100. The van der Waals surface area contributed by atoms with Gasteiger partial charge in [-0.1, -0.05) is 6.07 Å². The van der Waals surface area contributed by atoms with Crippen molar-refractivity contribution in [3.8, 4) is 29.1 Å². The normalized spacial score (nSPS) is 14.4. The first kappa shape index (κ1) is 19.1. The Morgan fingerprint density at radius 1 is 1.00 bits per heavy atom. The standard InChI is InChI=1S/C20H15N3O7/c21-11-13(7-12-1-2-16-17(8-12)28-4-3-27-16)20(24)22-14-9-18-19(30-6-5-29-18)10-15(14)23(25)26/h1-2,7-10H,3-6H2,(H,22,24). The summed E-state index contributed by atoms with van der Waals surface area (Å²) < 4.78 is 21.7. The minimum atomic E-state index is -0.799. The van der Waals surface area contributed by atoms with Crippen molar-refractivity contribution in [1.82, 2.24) is 0 Å². The molecule has 2 aromatic rings. The van der Waals surface area contributed by atoms with Gasteiger partial charge in [0.2, 0.25) is 0 Å². The summed E-state index contributed by atoms with van der Waals surface area (Å²) in [4.78, 5) is 23.4. The van der Waals surface area contributed by atoms with Crippen LogP contribution < -0.4 is 24.3 Å². The average Bonchev–Trinajstić information content (AvgIpc) is 2.76. The van der Waals surface area contributed by atoms with E-state index in [1.807, 2.05) is 6.07 Å². The predicted molar refractivity (Wildman–Crippen MR) is 104 cm³/mol. The highest BCUT2D eigenvalue weighted by atomic mass is 16.6.